The predicted octanol–water partition coefficient (Wildman–Crippen LogP) is 2.62. The normalized spacial score (nSPS) is 9.83. The van der Waals surface area contributed by atoms with Gasteiger partial charge in [-0.1, -0.05) is 19.9 Å². The van der Waals surface area contributed by atoms with Crippen LogP contribution in [0, 0.1) is 6.57 Å². The Morgan fingerprint density at radius 2 is 2.25 bits per heavy atom. The van der Waals surface area contributed by atoms with Crippen molar-refractivity contribution in [3.8, 4) is 0 Å². The molecule has 12 heavy (non-hydrogen) atoms. The minimum absolute atomic E-state index is 0.387. The molecular formula is C10H12N2. The van der Waals surface area contributed by atoms with Crippen molar-refractivity contribution in [2.75, 3.05) is 0 Å². The van der Waals surface area contributed by atoms with Crippen LogP contribution in [0.1, 0.15) is 31.0 Å². The van der Waals surface area contributed by atoms with Gasteiger partial charge in [0.15, 0.2) is 0 Å². The van der Waals surface area contributed by atoms with E-state index >= 15 is 0 Å². The summed E-state index contributed by atoms with van der Waals surface area (Å²) in [4.78, 5) is 7.44. The van der Waals surface area contributed by atoms with Crippen LogP contribution in [0.15, 0.2) is 18.3 Å². The van der Waals surface area contributed by atoms with Crippen molar-refractivity contribution in [1.82, 2.24) is 4.98 Å². The summed E-state index contributed by atoms with van der Waals surface area (Å²) < 4.78 is 0. The minimum Gasteiger partial charge on any atom is -0.310 e. The van der Waals surface area contributed by atoms with Crippen LogP contribution in [0.5, 0.6) is 0 Å². The molecule has 0 fully saturated rings. The summed E-state index contributed by atoms with van der Waals surface area (Å²) in [6, 6.07) is 3.96. The highest BCUT2D eigenvalue weighted by Crippen LogP contribution is 2.12. The molecule has 0 aliphatic carbocycles. The fourth-order valence-corrected chi connectivity index (χ4v) is 0.952. The first kappa shape index (κ1) is 8.73. The molecule has 2 heteroatoms. The van der Waals surface area contributed by atoms with Gasteiger partial charge in [-0.2, -0.15) is 0 Å². The van der Waals surface area contributed by atoms with Gasteiger partial charge in [-0.3, -0.25) is 4.98 Å². The van der Waals surface area contributed by atoms with E-state index < -0.39 is 0 Å². The van der Waals surface area contributed by atoms with Gasteiger partial charge in [0.25, 0.3) is 6.54 Å². The Kier molecular flexibility index (Phi) is 2.82. The lowest BCUT2D eigenvalue weighted by Gasteiger charge is -2.02. The summed E-state index contributed by atoms with van der Waals surface area (Å²) in [6.45, 7) is 11.3. The maximum Gasteiger partial charge on any atom is 0.256 e. The first-order valence-corrected chi connectivity index (χ1v) is 4.02. The summed E-state index contributed by atoms with van der Waals surface area (Å²) in [5.41, 5.74) is 2.08. The van der Waals surface area contributed by atoms with Crippen LogP contribution in [0.4, 0.5) is 0 Å². The second-order valence-corrected chi connectivity index (χ2v) is 3.05. The Morgan fingerprint density at radius 3 is 2.67 bits per heavy atom. The molecule has 0 aliphatic rings. The maximum atomic E-state index is 6.66. The molecule has 1 rings (SSSR count). The molecule has 1 heterocycles. The fraction of sp³-hybridized carbons (Fsp3) is 0.400. The van der Waals surface area contributed by atoms with Crippen LogP contribution in [0.3, 0.4) is 0 Å². The van der Waals surface area contributed by atoms with E-state index in [9.17, 15) is 0 Å². The van der Waals surface area contributed by atoms with Crippen LogP contribution >= 0.6 is 0 Å². The van der Waals surface area contributed by atoms with Gasteiger partial charge in [0.2, 0.25) is 0 Å². The third-order valence-corrected chi connectivity index (χ3v) is 1.76. The number of nitrogens with zero attached hydrogens (tertiary/aromatic N) is 2. The highest BCUT2D eigenvalue weighted by molar-refractivity contribution is 5.17. The van der Waals surface area contributed by atoms with Gasteiger partial charge in [-0.25, -0.2) is 6.57 Å². The second-order valence-electron chi connectivity index (χ2n) is 3.05. The lowest BCUT2D eigenvalue weighted by Crippen LogP contribution is -1.91. The van der Waals surface area contributed by atoms with Gasteiger partial charge >= 0.3 is 0 Å². The van der Waals surface area contributed by atoms with E-state index in [2.05, 4.69) is 23.7 Å². The SMILES string of the molecule is [C-]#[N+]Cc1ccc(C(C)C)cn1. The Morgan fingerprint density at radius 1 is 1.50 bits per heavy atom. The third kappa shape index (κ3) is 2.06. The summed E-state index contributed by atoms with van der Waals surface area (Å²) in [6.07, 6.45) is 1.85. The van der Waals surface area contributed by atoms with Crippen molar-refractivity contribution < 1.29 is 0 Å². The molecule has 0 spiro atoms. The average molecular weight is 160 g/mol. The zero-order valence-electron chi connectivity index (χ0n) is 7.41. The van der Waals surface area contributed by atoms with Crippen molar-refractivity contribution in [2.45, 2.75) is 26.3 Å². The first-order chi connectivity index (χ1) is 5.74. The van der Waals surface area contributed by atoms with Gasteiger partial charge in [-0.05, 0) is 17.5 Å². The van der Waals surface area contributed by atoms with E-state index in [1.54, 1.807) is 0 Å². The smallest absolute Gasteiger partial charge is 0.256 e. The summed E-state index contributed by atoms with van der Waals surface area (Å²) >= 11 is 0. The summed E-state index contributed by atoms with van der Waals surface area (Å²) in [7, 11) is 0. The number of aromatic nitrogens is 1. The molecule has 0 saturated carbocycles. The molecule has 0 saturated heterocycles. The van der Waals surface area contributed by atoms with Crippen LogP contribution in [-0.2, 0) is 6.54 Å². The van der Waals surface area contributed by atoms with Crippen molar-refractivity contribution in [1.29, 1.82) is 0 Å². The quantitative estimate of drug-likeness (QED) is 0.608. The molecule has 0 amide bonds. The molecule has 0 radical (unpaired) electrons. The summed E-state index contributed by atoms with van der Waals surface area (Å²) in [5.74, 6) is 0.513. The van der Waals surface area contributed by atoms with Crippen LogP contribution in [0.2, 0.25) is 0 Å². The Bertz CT molecular complexity index is 280. The van der Waals surface area contributed by atoms with Crippen molar-refractivity contribution in [2.24, 2.45) is 0 Å². The van der Waals surface area contributed by atoms with Crippen LogP contribution < -0.4 is 0 Å². The molecule has 0 atom stereocenters. The van der Waals surface area contributed by atoms with Crippen LogP contribution in [0.25, 0.3) is 4.85 Å². The molecular weight excluding hydrogens is 148 g/mol. The van der Waals surface area contributed by atoms with Gasteiger partial charge in [0.1, 0.15) is 5.69 Å². The Labute approximate surface area is 73.1 Å². The maximum absolute atomic E-state index is 6.66. The van der Waals surface area contributed by atoms with Gasteiger partial charge < -0.3 is 4.85 Å². The second kappa shape index (κ2) is 3.87. The zero-order chi connectivity index (χ0) is 8.97. The van der Waals surface area contributed by atoms with Crippen molar-refractivity contribution in [3.63, 3.8) is 0 Å². The molecule has 0 aromatic carbocycles. The molecule has 0 N–H and O–H groups in total. The monoisotopic (exact) mass is 160 g/mol. The van der Waals surface area contributed by atoms with E-state index in [0.29, 0.717) is 12.5 Å². The summed E-state index contributed by atoms with van der Waals surface area (Å²) in [5, 5.41) is 0. The lowest BCUT2D eigenvalue weighted by molar-refractivity contribution is 0.853. The van der Waals surface area contributed by atoms with E-state index in [1.807, 2.05) is 18.3 Å². The predicted molar refractivity (Wildman–Crippen MR) is 48.6 cm³/mol. The first-order valence-electron chi connectivity index (χ1n) is 4.02. The van der Waals surface area contributed by atoms with E-state index in [-0.39, 0.29) is 0 Å². The van der Waals surface area contributed by atoms with Gasteiger partial charge in [0.05, 0.1) is 0 Å². The highest BCUT2D eigenvalue weighted by Gasteiger charge is 2.00. The molecule has 1 aromatic rings. The molecule has 2 nitrogen and oxygen atoms in total. The molecule has 0 bridgehead atoms. The Balaban J connectivity index is 2.80. The minimum atomic E-state index is 0.387. The highest BCUT2D eigenvalue weighted by atomic mass is 14.7. The zero-order valence-corrected chi connectivity index (χ0v) is 7.41. The number of hydrogen-bond donors (Lipinski definition) is 0. The van der Waals surface area contributed by atoms with E-state index in [4.69, 9.17) is 6.57 Å². The van der Waals surface area contributed by atoms with Crippen molar-refractivity contribution in [3.05, 3.63) is 41.0 Å². The van der Waals surface area contributed by atoms with Gasteiger partial charge in [-0.15, -0.1) is 0 Å². The molecule has 62 valence electrons. The largest absolute Gasteiger partial charge is 0.310 e. The molecule has 1 aromatic heterocycles. The van der Waals surface area contributed by atoms with Crippen molar-refractivity contribution >= 4 is 0 Å². The van der Waals surface area contributed by atoms with Crippen LogP contribution in [-0.4, -0.2) is 4.98 Å². The lowest BCUT2D eigenvalue weighted by atomic mass is 10.1. The van der Waals surface area contributed by atoms with E-state index in [1.165, 1.54) is 5.56 Å². The Hall–Kier alpha value is -1.36. The molecule has 0 aliphatic heterocycles. The number of hydrogen-bond acceptors (Lipinski definition) is 1. The average Bonchev–Trinajstić information content (AvgIpc) is 2.06. The fourth-order valence-electron chi connectivity index (χ4n) is 0.952. The molecule has 0 unspecified atom stereocenters. The topological polar surface area (TPSA) is 17.2 Å². The number of rotatable bonds is 2. The van der Waals surface area contributed by atoms with Gasteiger partial charge in [0, 0.05) is 6.20 Å². The van der Waals surface area contributed by atoms with E-state index in [0.717, 1.165) is 5.69 Å². The standard InChI is InChI=1S/C10H12N2/c1-8(2)9-4-5-10(7-11-3)12-6-9/h4-6,8H,7H2,1-2H3. The number of pyridine rings is 1. The third-order valence-electron chi connectivity index (χ3n) is 1.76.